The van der Waals surface area contributed by atoms with Crippen molar-refractivity contribution in [2.24, 2.45) is 5.92 Å². The summed E-state index contributed by atoms with van der Waals surface area (Å²) in [4.78, 5) is 0. The molecule has 2 aliphatic rings. The number of fused-ring (bicyclic) bond motifs is 2. The van der Waals surface area contributed by atoms with Crippen molar-refractivity contribution < 1.29 is 18.3 Å². The SMILES string of the molecule is OC(C1=C2CCCC[C@@H]2Cc2ccccc21)C(F)(F)F. The first kappa shape index (κ1) is 13.7. The maximum absolute atomic E-state index is 13.0. The molecule has 2 atom stereocenters. The van der Waals surface area contributed by atoms with Crippen molar-refractivity contribution in [3.05, 3.63) is 41.0 Å². The Bertz CT molecular complexity index is 545. The van der Waals surface area contributed by atoms with E-state index in [2.05, 4.69) is 0 Å². The minimum atomic E-state index is -4.60. The van der Waals surface area contributed by atoms with Crippen LogP contribution in [0.25, 0.3) is 5.57 Å². The molecule has 0 aromatic heterocycles. The van der Waals surface area contributed by atoms with E-state index in [1.165, 1.54) is 0 Å². The van der Waals surface area contributed by atoms with E-state index in [9.17, 15) is 18.3 Å². The van der Waals surface area contributed by atoms with Crippen LogP contribution in [0.15, 0.2) is 29.8 Å². The molecule has 1 N–H and O–H groups in total. The van der Waals surface area contributed by atoms with Gasteiger partial charge in [0.25, 0.3) is 0 Å². The number of aliphatic hydroxyl groups excluding tert-OH is 1. The highest BCUT2D eigenvalue weighted by atomic mass is 19.4. The molecule has 0 radical (unpaired) electrons. The van der Waals surface area contributed by atoms with E-state index < -0.39 is 12.3 Å². The van der Waals surface area contributed by atoms with Crippen LogP contribution in [0.1, 0.15) is 36.8 Å². The third kappa shape index (κ3) is 2.26. The van der Waals surface area contributed by atoms with Crippen molar-refractivity contribution in [2.75, 3.05) is 0 Å². The van der Waals surface area contributed by atoms with Gasteiger partial charge in [-0.15, -0.1) is 0 Å². The van der Waals surface area contributed by atoms with E-state index in [-0.39, 0.29) is 11.5 Å². The summed E-state index contributed by atoms with van der Waals surface area (Å²) in [6, 6.07) is 7.18. The second-order valence-corrected chi connectivity index (χ2v) is 5.69. The highest BCUT2D eigenvalue weighted by Crippen LogP contribution is 2.46. The minimum Gasteiger partial charge on any atom is -0.379 e. The van der Waals surface area contributed by atoms with Gasteiger partial charge in [-0.05, 0) is 48.3 Å². The molecule has 0 aliphatic heterocycles. The standard InChI is InChI=1S/C16H17F3O/c17-16(18,19)15(20)14-12-7-3-1-5-10(12)9-11-6-2-4-8-13(11)14/h1,3,5,7,11,15,20H,2,4,6,8-9H2/t11-,15?/m1/s1. The molecule has 2 aliphatic carbocycles. The second kappa shape index (κ2) is 4.92. The van der Waals surface area contributed by atoms with Crippen LogP contribution in [-0.4, -0.2) is 17.4 Å². The molecule has 0 bridgehead atoms. The predicted octanol–water partition coefficient (Wildman–Crippen LogP) is 4.11. The van der Waals surface area contributed by atoms with Crippen LogP contribution in [0, 0.1) is 5.92 Å². The van der Waals surface area contributed by atoms with Gasteiger partial charge in [0.15, 0.2) is 6.10 Å². The lowest BCUT2D eigenvalue weighted by Crippen LogP contribution is -2.34. The minimum absolute atomic E-state index is 0.129. The van der Waals surface area contributed by atoms with Crippen LogP contribution in [0.5, 0.6) is 0 Å². The summed E-state index contributed by atoms with van der Waals surface area (Å²) >= 11 is 0. The van der Waals surface area contributed by atoms with Gasteiger partial charge in [-0.1, -0.05) is 36.3 Å². The average molecular weight is 282 g/mol. The number of halogens is 3. The summed E-state index contributed by atoms with van der Waals surface area (Å²) in [6.07, 6.45) is -2.57. The molecule has 1 aromatic carbocycles. The molecule has 3 rings (SSSR count). The highest BCUT2D eigenvalue weighted by molar-refractivity contribution is 5.77. The monoisotopic (exact) mass is 282 g/mol. The molecule has 4 heteroatoms. The largest absolute Gasteiger partial charge is 0.418 e. The zero-order chi connectivity index (χ0) is 14.3. The zero-order valence-electron chi connectivity index (χ0n) is 11.1. The molecule has 1 fully saturated rings. The van der Waals surface area contributed by atoms with Crippen molar-refractivity contribution in [1.29, 1.82) is 0 Å². The first-order valence-corrected chi connectivity index (χ1v) is 7.04. The Labute approximate surface area is 116 Å². The molecule has 0 spiro atoms. The lowest BCUT2D eigenvalue weighted by molar-refractivity contribution is -0.184. The summed E-state index contributed by atoms with van der Waals surface area (Å²) in [6.45, 7) is 0. The van der Waals surface area contributed by atoms with Gasteiger partial charge in [0.05, 0.1) is 0 Å². The van der Waals surface area contributed by atoms with Crippen LogP contribution < -0.4 is 0 Å². The summed E-state index contributed by atoms with van der Waals surface area (Å²) in [5.74, 6) is 0.172. The van der Waals surface area contributed by atoms with Gasteiger partial charge in [0.1, 0.15) is 0 Å². The van der Waals surface area contributed by atoms with Crippen LogP contribution in [0.2, 0.25) is 0 Å². The van der Waals surface area contributed by atoms with Crippen molar-refractivity contribution in [2.45, 2.75) is 44.4 Å². The number of aliphatic hydroxyl groups is 1. The lowest BCUT2D eigenvalue weighted by atomic mass is 9.71. The van der Waals surface area contributed by atoms with Crippen LogP contribution >= 0.6 is 0 Å². The Morgan fingerprint density at radius 2 is 1.90 bits per heavy atom. The number of rotatable bonds is 1. The fourth-order valence-corrected chi connectivity index (χ4v) is 3.55. The molecule has 0 amide bonds. The summed E-state index contributed by atoms with van der Waals surface area (Å²) in [7, 11) is 0. The molecule has 1 aromatic rings. The molecule has 1 nitrogen and oxygen atoms in total. The lowest BCUT2D eigenvalue weighted by Gasteiger charge is -2.36. The predicted molar refractivity (Wildman–Crippen MR) is 71.1 cm³/mol. The second-order valence-electron chi connectivity index (χ2n) is 5.69. The Morgan fingerprint density at radius 1 is 1.15 bits per heavy atom. The molecule has 1 saturated carbocycles. The highest BCUT2D eigenvalue weighted by Gasteiger charge is 2.44. The normalized spacial score (nSPS) is 24.1. The average Bonchev–Trinajstić information content (AvgIpc) is 2.43. The first-order valence-electron chi connectivity index (χ1n) is 7.04. The third-order valence-electron chi connectivity index (χ3n) is 4.44. The smallest absolute Gasteiger partial charge is 0.379 e. The Kier molecular flexibility index (Phi) is 3.36. The number of benzene rings is 1. The van der Waals surface area contributed by atoms with Gasteiger partial charge in [-0.2, -0.15) is 13.2 Å². The quantitative estimate of drug-likeness (QED) is 0.822. The van der Waals surface area contributed by atoms with E-state index in [4.69, 9.17) is 0 Å². The molecular formula is C16H17F3O. The van der Waals surface area contributed by atoms with Crippen molar-refractivity contribution in [3.8, 4) is 0 Å². The summed E-state index contributed by atoms with van der Waals surface area (Å²) in [5.41, 5.74) is 2.48. The Morgan fingerprint density at radius 3 is 2.65 bits per heavy atom. The van der Waals surface area contributed by atoms with Crippen molar-refractivity contribution in [3.63, 3.8) is 0 Å². The summed E-state index contributed by atoms with van der Waals surface area (Å²) < 4.78 is 39.0. The van der Waals surface area contributed by atoms with Crippen molar-refractivity contribution in [1.82, 2.24) is 0 Å². The van der Waals surface area contributed by atoms with Crippen LogP contribution in [0.3, 0.4) is 0 Å². The third-order valence-corrected chi connectivity index (χ3v) is 4.44. The molecule has 0 heterocycles. The topological polar surface area (TPSA) is 20.2 Å². The fourth-order valence-electron chi connectivity index (χ4n) is 3.55. The van der Waals surface area contributed by atoms with Gasteiger partial charge in [-0.3, -0.25) is 0 Å². The van der Waals surface area contributed by atoms with Gasteiger partial charge in [-0.25, -0.2) is 0 Å². The van der Waals surface area contributed by atoms with E-state index in [1.807, 2.05) is 12.1 Å². The fraction of sp³-hybridized carbons (Fsp3) is 0.500. The summed E-state index contributed by atoms with van der Waals surface area (Å²) in [5, 5.41) is 9.81. The van der Waals surface area contributed by atoms with E-state index in [0.29, 0.717) is 12.0 Å². The van der Waals surface area contributed by atoms with Crippen LogP contribution in [0.4, 0.5) is 13.2 Å². The molecular weight excluding hydrogens is 265 g/mol. The maximum atomic E-state index is 13.0. The van der Waals surface area contributed by atoms with Gasteiger partial charge >= 0.3 is 6.18 Å². The number of allylic oxidation sites excluding steroid dienone is 1. The van der Waals surface area contributed by atoms with Gasteiger partial charge in [0, 0.05) is 0 Å². The van der Waals surface area contributed by atoms with E-state index in [0.717, 1.165) is 36.8 Å². The number of alkyl halides is 3. The Balaban J connectivity index is 2.15. The maximum Gasteiger partial charge on any atom is 0.418 e. The van der Waals surface area contributed by atoms with Gasteiger partial charge < -0.3 is 5.11 Å². The molecule has 0 saturated heterocycles. The van der Waals surface area contributed by atoms with E-state index >= 15 is 0 Å². The van der Waals surface area contributed by atoms with E-state index in [1.54, 1.807) is 12.1 Å². The molecule has 20 heavy (non-hydrogen) atoms. The molecule has 1 unspecified atom stereocenters. The van der Waals surface area contributed by atoms with Crippen LogP contribution in [-0.2, 0) is 6.42 Å². The van der Waals surface area contributed by atoms with Gasteiger partial charge in [0.2, 0.25) is 0 Å². The number of hydrogen-bond donors (Lipinski definition) is 1. The zero-order valence-corrected chi connectivity index (χ0v) is 11.1. The first-order chi connectivity index (χ1) is 9.48. The van der Waals surface area contributed by atoms with Crippen molar-refractivity contribution >= 4 is 5.57 Å². The Hall–Kier alpha value is -1.29. The molecule has 108 valence electrons. The number of hydrogen-bond acceptors (Lipinski definition) is 1.